The van der Waals surface area contributed by atoms with Gasteiger partial charge in [-0.25, -0.2) is 12.7 Å². The Morgan fingerprint density at radius 2 is 1.90 bits per heavy atom. The van der Waals surface area contributed by atoms with Gasteiger partial charge in [0.15, 0.2) is 0 Å². The van der Waals surface area contributed by atoms with E-state index in [2.05, 4.69) is 4.90 Å². The van der Waals surface area contributed by atoms with Crippen molar-refractivity contribution in [2.75, 3.05) is 25.9 Å². The van der Waals surface area contributed by atoms with Gasteiger partial charge in [0.2, 0.25) is 15.9 Å². The fourth-order valence-electron chi connectivity index (χ4n) is 4.84. The summed E-state index contributed by atoms with van der Waals surface area (Å²) in [5, 5.41) is 0. The molecule has 1 aromatic rings. The van der Waals surface area contributed by atoms with Crippen molar-refractivity contribution < 1.29 is 18.0 Å². The van der Waals surface area contributed by atoms with Gasteiger partial charge in [-0.3, -0.25) is 14.5 Å². The van der Waals surface area contributed by atoms with Crippen LogP contribution in [0.4, 0.5) is 0 Å². The number of thiophene rings is 1. The van der Waals surface area contributed by atoms with Gasteiger partial charge in [-0.1, -0.05) is 20.3 Å². The van der Waals surface area contributed by atoms with Gasteiger partial charge in [0.05, 0.1) is 28.8 Å². The highest BCUT2D eigenvalue weighted by Crippen LogP contribution is 2.42. The molecule has 0 saturated carbocycles. The molecular weight excluding hydrogens is 422 g/mol. The maximum absolute atomic E-state index is 13.3. The standard InChI is InChI=1S/C21H29N3O4S2/c1-14(2)18-19-16(24(21(18)26)30(3,27)28)9-12-23(19)20(25)17-8-7-15(29-17)13-22-10-5-4-6-11-22/h7-9,14,18-19H,4-6,10-13H2,1-3H3/t18-,19+/m1/s1. The number of piperidine rings is 1. The lowest BCUT2D eigenvalue weighted by Crippen LogP contribution is -2.42. The molecule has 2 amide bonds. The van der Waals surface area contributed by atoms with E-state index in [1.165, 1.54) is 30.6 Å². The lowest BCUT2D eigenvalue weighted by molar-refractivity contribution is -0.128. The Balaban J connectivity index is 1.55. The third kappa shape index (κ3) is 3.83. The van der Waals surface area contributed by atoms with Crippen LogP contribution in [0, 0.1) is 11.8 Å². The van der Waals surface area contributed by atoms with Crippen molar-refractivity contribution in [2.24, 2.45) is 11.8 Å². The van der Waals surface area contributed by atoms with E-state index in [0.29, 0.717) is 17.1 Å². The second-order valence-electron chi connectivity index (χ2n) is 8.77. The van der Waals surface area contributed by atoms with Gasteiger partial charge in [-0.2, -0.15) is 0 Å². The molecule has 0 spiro atoms. The number of sulfonamides is 1. The minimum Gasteiger partial charge on any atom is -0.325 e. The Kier molecular flexibility index (Phi) is 5.80. The molecule has 2 saturated heterocycles. The zero-order chi connectivity index (χ0) is 21.6. The molecule has 0 unspecified atom stereocenters. The van der Waals surface area contributed by atoms with Crippen LogP contribution in [0.2, 0.25) is 0 Å². The van der Waals surface area contributed by atoms with E-state index in [1.54, 1.807) is 11.0 Å². The van der Waals surface area contributed by atoms with Crippen molar-refractivity contribution in [1.29, 1.82) is 0 Å². The molecule has 0 bridgehead atoms. The Labute approximate surface area is 182 Å². The largest absolute Gasteiger partial charge is 0.325 e. The number of rotatable bonds is 5. The van der Waals surface area contributed by atoms with Crippen molar-refractivity contribution in [2.45, 2.75) is 45.7 Å². The van der Waals surface area contributed by atoms with Crippen LogP contribution in [0.1, 0.15) is 47.7 Å². The number of fused-ring (bicyclic) bond motifs is 1. The molecule has 9 heteroatoms. The molecule has 164 valence electrons. The molecule has 30 heavy (non-hydrogen) atoms. The fourth-order valence-corrected chi connectivity index (χ4v) is 6.86. The Hall–Kier alpha value is -1.71. The second kappa shape index (κ2) is 8.09. The highest BCUT2D eigenvalue weighted by Gasteiger charge is 2.54. The first-order valence-corrected chi connectivity index (χ1v) is 13.2. The van der Waals surface area contributed by atoms with Gasteiger partial charge >= 0.3 is 0 Å². The summed E-state index contributed by atoms with van der Waals surface area (Å²) < 4.78 is 25.4. The monoisotopic (exact) mass is 451 g/mol. The van der Waals surface area contributed by atoms with Crippen LogP contribution < -0.4 is 0 Å². The van der Waals surface area contributed by atoms with E-state index in [0.717, 1.165) is 35.1 Å². The third-order valence-electron chi connectivity index (χ3n) is 6.21. The maximum Gasteiger partial charge on any atom is 0.264 e. The first kappa shape index (κ1) is 21.5. The Morgan fingerprint density at radius 3 is 2.53 bits per heavy atom. The van der Waals surface area contributed by atoms with Crippen LogP contribution in [0.15, 0.2) is 23.9 Å². The molecule has 4 heterocycles. The van der Waals surface area contributed by atoms with Crippen LogP contribution in [0.3, 0.4) is 0 Å². The van der Waals surface area contributed by atoms with Gasteiger partial charge in [0.1, 0.15) is 0 Å². The van der Waals surface area contributed by atoms with Gasteiger partial charge in [-0.15, -0.1) is 11.3 Å². The predicted octanol–water partition coefficient (Wildman–Crippen LogP) is 2.52. The van der Waals surface area contributed by atoms with E-state index < -0.39 is 27.9 Å². The van der Waals surface area contributed by atoms with E-state index in [-0.39, 0.29) is 11.8 Å². The number of hydrogen-bond acceptors (Lipinski definition) is 6. The molecule has 7 nitrogen and oxygen atoms in total. The first-order chi connectivity index (χ1) is 14.2. The minimum atomic E-state index is -3.72. The molecule has 2 fully saturated rings. The van der Waals surface area contributed by atoms with Crippen molar-refractivity contribution in [3.8, 4) is 0 Å². The molecule has 0 N–H and O–H groups in total. The molecule has 2 atom stereocenters. The zero-order valence-electron chi connectivity index (χ0n) is 17.7. The van der Waals surface area contributed by atoms with Gasteiger partial charge in [0, 0.05) is 18.0 Å². The van der Waals surface area contributed by atoms with E-state index in [4.69, 9.17) is 0 Å². The minimum absolute atomic E-state index is 0.0796. The molecule has 0 radical (unpaired) electrons. The number of hydrogen-bond donors (Lipinski definition) is 0. The summed E-state index contributed by atoms with van der Waals surface area (Å²) >= 11 is 1.50. The lowest BCUT2D eigenvalue weighted by Gasteiger charge is -2.28. The van der Waals surface area contributed by atoms with Crippen molar-refractivity contribution in [3.05, 3.63) is 33.7 Å². The third-order valence-corrected chi connectivity index (χ3v) is 8.32. The number of amides is 2. The number of likely N-dealkylation sites (tertiary alicyclic amines) is 1. The topological polar surface area (TPSA) is 78.0 Å². The molecule has 3 aliphatic heterocycles. The van der Waals surface area contributed by atoms with Gasteiger partial charge < -0.3 is 4.90 Å². The SMILES string of the molecule is CC(C)[C@H]1C(=O)N(S(C)(=O)=O)C2=CCN(C(=O)c3ccc(CN4CCCCC4)s3)[C@@H]21. The molecular formula is C21H29N3O4S2. The predicted molar refractivity (Wildman–Crippen MR) is 116 cm³/mol. The smallest absolute Gasteiger partial charge is 0.264 e. The lowest BCUT2D eigenvalue weighted by atomic mass is 9.89. The van der Waals surface area contributed by atoms with Crippen molar-refractivity contribution in [3.63, 3.8) is 0 Å². The van der Waals surface area contributed by atoms with Crippen LogP contribution >= 0.6 is 11.3 Å². The normalized spacial score (nSPS) is 25.2. The van der Waals surface area contributed by atoms with Gasteiger partial charge in [0.25, 0.3) is 5.91 Å². The van der Waals surface area contributed by atoms with E-state index in [1.807, 2.05) is 26.0 Å². The summed E-state index contributed by atoms with van der Waals surface area (Å²) in [6.07, 6.45) is 6.50. The molecule has 3 aliphatic rings. The zero-order valence-corrected chi connectivity index (χ0v) is 19.3. The second-order valence-corrected chi connectivity index (χ2v) is 11.8. The van der Waals surface area contributed by atoms with Crippen LogP contribution in [-0.2, 0) is 21.4 Å². The maximum atomic E-state index is 13.3. The summed E-state index contributed by atoms with van der Waals surface area (Å²) in [6.45, 7) is 7.18. The summed E-state index contributed by atoms with van der Waals surface area (Å²) in [5.74, 6) is -1.19. The van der Waals surface area contributed by atoms with Crippen molar-refractivity contribution in [1.82, 2.24) is 14.1 Å². The first-order valence-electron chi connectivity index (χ1n) is 10.5. The highest BCUT2D eigenvalue weighted by atomic mass is 32.2. The van der Waals surface area contributed by atoms with E-state index >= 15 is 0 Å². The Morgan fingerprint density at radius 1 is 1.20 bits per heavy atom. The summed E-state index contributed by atoms with van der Waals surface area (Å²) in [5.41, 5.74) is 0.430. The number of carbonyl (C=O) groups excluding carboxylic acids is 2. The molecule has 1 aromatic heterocycles. The summed E-state index contributed by atoms with van der Waals surface area (Å²) in [7, 11) is -3.72. The average Bonchev–Trinajstić information content (AvgIpc) is 3.35. The molecule has 0 aromatic carbocycles. The van der Waals surface area contributed by atoms with Crippen LogP contribution in [0.25, 0.3) is 0 Å². The number of nitrogens with zero attached hydrogens (tertiary/aromatic N) is 3. The molecule has 0 aliphatic carbocycles. The molecule has 4 rings (SSSR count). The van der Waals surface area contributed by atoms with Gasteiger partial charge in [-0.05, 0) is 50.1 Å². The highest BCUT2D eigenvalue weighted by molar-refractivity contribution is 7.89. The van der Waals surface area contributed by atoms with Crippen LogP contribution in [0.5, 0.6) is 0 Å². The summed E-state index contributed by atoms with van der Waals surface area (Å²) in [6, 6.07) is 3.35. The Bertz CT molecular complexity index is 976. The van der Waals surface area contributed by atoms with E-state index in [9.17, 15) is 18.0 Å². The quantitative estimate of drug-likeness (QED) is 0.687. The number of carbonyl (C=O) groups is 2. The average molecular weight is 452 g/mol. The summed E-state index contributed by atoms with van der Waals surface area (Å²) in [4.78, 5) is 32.1. The fraction of sp³-hybridized carbons (Fsp3) is 0.619. The van der Waals surface area contributed by atoms with Crippen LogP contribution in [-0.4, -0.2) is 66.3 Å². The van der Waals surface area contributed by atoms with Crippen molar-refractivity contribution >= 4 is 33.2 Å².